The van der Waals surface area contributed by atoms with Crippen LogP contribution in [0.3, 0.4) is 0 Å². The highest BCUT2D eigenvalue weighted by atomic mass is 35.5. The molecule has 0 bridgehead atoms. The van der Waals surface area contributed by atoms with Crippen molar-refractivity contribution in [2.24, 2.45) is 0 Å². The van der Waals surface area contributed by atoms with Crippen LogP contribution in [0, 0.1) is 0 Å². The molecule has 1 heterocycles. The Kier molecular flexibility index (Phi) is 3.91. The molecule has 0 aliphatic carbocycles. The third-order valence-electron chi connectivity index (χ3n) is 1.71. The van der Waals surface area contributed by atoms with Crippen LogP contribution in [0.25, 0.3) is 0 Å². The Morgan fingerprint density at radius 1 is 1.64 bits per heavy atom. The summed E-state index contributed by atoms with van der Waals surface area (Å²) in [6.45, 7) is 0.628. The number of hydrogen-bond acceptors (Lipinski definition) is 3. The molecule has 0 saturated carbocycles. The van der Waals surface area contributed by atoms with Gasteiger partial charge >= 0.3 is 0 Å². The summed E-state index contributed by atoms with van der Waals surface area (Å²) in [5.74, 6) is 0.536. The number of rotatable bonds is 5. The van der Waals surface area contributed by atoms with E-state index in [0.29, 0.717) is 12.4 Å². The number of sulfonamides is 1. The van der Waals surface area contributed by atoms with Crippen LogP contribution in [0.15, 0.2) is 17.3 Å². The minimum absolute atomic E-state index is 0.176. The van der Waals surface area contributed by atoms with E-state index in [-0.39, 0.29) is 4.90 Å². The predicted molar refractivity (Wildman–Crippen MR) is 53.8 cm³/mol. The number of aryl methyl sites for hydroxylation is 1. The lowest BCUT2D eigenvalue weighted by Crippen LogP contribution is -2.17. The maximum absolute atomic E-state index is 11.3. The van der Waals surface area contributed by atoms with Gasteiger partial charge in [0.15, 0.2) is 0 Å². The summed E-state index contributed by atoms with van der Waals surface area (Å²) in [4.78, 5) is 0.176. The van der Waals surface area contributed by atoms with Crippen molar-refractivity contribution in [3.05, 3.63) is 12.4 Å². The molecule has 1 aromatic heterocycles. The first-order chi connectivity index (χ1) is 6.60. The van der Waals surface area contributed by atoms with Crippen LogP contribution in [0.5, 0.6) is 0 Å². The van der Waals surface area contributed by atoms with Gasteiger partial charge in [0, 0.05) is 18.6 Å². The van der Waals surface area contributed by atoms with Gasteiger partial charge in [0.25, 0.3) is 0 Å². The molecule has 5 nitrogen and oxygen atoms in total. The van der Waals surface area contributed by atoms with Crippen LogP contribution >= 0.6 is 11.6 Å². The van der Waals surface area contributed by atoms with Crippen molar-refractivity contribution in [2.75, 3.05) is 12.9 Å². The second-order valence-electron chi connectivity index (χ2n) is 2.69. The molecule has 0 saturated heterocycles. The zero-order valence-electron chi connectivity index (χ0n) is 7.77. The maximum Gasteiger partial charge on any atom is 0.243 e. The summed E-state index contributed by atoms with van der Waals surface area (Å²) >= 11 is 5.50. The van der Waals surface area contributed by atoms with Gasteiger partial charge in [-0.3, -0.25) is 4.68 Å². The van der Waals surface area contributed by atoms with E-state index < -0.39 is 10.0 Å². The highest BCUT2D eigenvalue weighted by molar-refractivity contribution is 7.89. The van der Waals surface area contributed by atoms with Gasteiger partial charge in [-0.15, -0.1) is 11.6 Å². The fourth-order valence-corrected chi connectivity index (χ4v) is 1.75. The minimum Gasteiger partial charge on any atom is -0.271 e. The Morgan fingerprint density at radius 2 is 2.36 bits per heavy atom. The average Bonchev–Trinajstić information content (AvgIpc) is 2.63. The summed E-state index contributed by atoms with van der Waals surface area (Å²) in [6.07, 6.45) is 3.57. The molecule has 0 amide bonds. The quantitative estimate of drug-likeness (QED) is 0.755. The van der Waals surface area contributed by atoms with Gasteiger partial charge in [0.1, 0.15) is 4.90 Å². The molecule has 0 unspecified atom stereocenters. The molecule has 0 radical (unpaired) electrons. The molecule has 0 aromatic carbocycles. The molecule has 1 N–H and O–H groups in total. The van der Waals surface area contributed by atoms with E-state index >= 15 is 0 Å². The average molecular weight is 238 g/mol. The second-order valence-corrected chi connectivity index (χ2v) is 4.95. The standard InChI is InChI=1S/C7H12ClN3O2S/c1-9-14(12,13)7-5-10-11(6-7)4-2-3-8/h5-6,9H,2-4H2,1H3. The van der Waals surface area contributed by atoms with E-state index in [4.69, 9.17) is 11.6 Å². The highest BCUT2D eigenvalue weighted by Gasteiger charge is 2.13. The van der Waals surface area contributed by atoms with Crippen molar-refractivity contribution in [2.45, 2.75) is 17.9 Å². The van der Waals surface area contributed by atoms with Gasteiger partial charge in [-0.25, -0.2) is 13.1 Å². The van der Waals surface area contributed by atoms with Crippen molar-refractivity contribution in [1.29, 1.82) is 0 Å². The van der Waals surface area contributed by atoms with Gasteiger partial charge in [-0.05, 0) is 13.5 Å². The number of halogens is 1. The normalized spacial score (nSPS) is 11.9. The number of hydrogen-bond donors (Lipinski definition) is 1. The van der Waals surface area contributed by atoms with Crippen LogP contribution in [0.1, 0.15) is 6.42 Å². The van der Waals surface area contributed by atoms with Crippen LogP contribution in [-0.2, 0) is 16.6 Å². The highest BCUT2D eigenvalue weighted by Crippen LogP contribution is 2.06. The first-order valence-corrected chi connectivity index (χ1v) is 6.14. The Hall–Kier alpha value is -0.590. The summed E-state index contributed by atoms with van der Waals surface area (Å²) in [5, 5.41) is 3.91. The lowest BCUT2D eigenvalue weighted by molar-refractivity contribution is 0.585. The SMILES string of the molecule is CNS(=O)(=O)c1cnn(CCCCl)c1. The number of aromatic nitrogens is 2. The molecular formula is C7H12ClN3O2S. The van der Waals surface area contributed by atoms with Gasteiger partial charge in [-0.2, -0.15) is 5.10 Å². The Morgan fingerprint density at radius 3 is 2.93 bits per heavy atom. The Balaban J connectivity index is 2.78. The minimum atomic E-state index is -3.37. The van der Waals surface area contributed by atoms with Crippen molar-refractivity contribution < 1.29 is 8.42 Å². The third-order valence-corrected chi connectivity index (χ3v) is 3.35. The first kappa shape index (κ1) is 11.5. The molecule has 1 rings (SSSR count). The molecular weight excluding hydrogens is 226 g/mol. The zero-order valence-corrected chi connectivity index (χ0v) is 9.35. The number of alkyl halides is 1. The third kappa shape index (κ3) is 2.70. The molecule has 14 heavy (non-hydrogen) atoms. The summed E-state index contributed by atoms with van der Waals surface area (Å²) < 4.78 is 26.4. The summed E-state index contributed by atoms with van der Waals surface area (Å²) in [7, 11) is -2.00. The van der Waals surface area contributed by atoms with E-state index in [2.05, 4.69) is 9.82 Å². The van der Waals surface area contributed by atoms with Crippen LogP contribution in [-0.4, -0.2) is 31.1 Å². The van der Waals surface area contributed by atoms with Gasteiger partial charge in [-0.1, -0.05) is 0 Å². The molecule has 1 aromatic rings. The fourth-order valence-electron chi connectivity index (χ4n) is 0.945. The van der Waals surface area contributed by atoms with E-state index in [1.165, 1.54) is 19.4 Å². The second kappa shape index (κ2) is 4.77. The molecule has 0 aliphatic rings. The Bertz CT molecular complexity index is 387. The van der Waals surface area contributed by atoms with E-state index in [0.717, 1.165) is 6.42 Å². The van der Waals surface area contributed by atoms with E-state index in [1.807, 2.05) is 0 Å². The van der Waals surface area contributed by atoms with Crippen LogP contribution in [0.4, 0.5) is 0 Å². The maximum atomic E-state index is 11.3. The number of nitrogens with zero attached hydrogens (tertiary/aromatic N) is 2. The summed E-state index contributed by atoms with van der Waals surface area (Å²) in [6, 6.07) is 0. The van der Waals surface area contributed by atoms with Crippen molar-refractivity contribution >= 4 is 21.6 Å². The van der Waals surface area contributed by atoms with Crippen molar-refractivity contribution in [1.82, 2.24) is 14.5 Å². The molecule has 0 spiro atoms. The summed E-state index contributed by atoms with van der Waals surface area (Å²) in [5.41, 5.74) is 0. The Labute approximate surface area is 88.1 Å². The molecule has 0 atom stereocenters. The molecule has 0 fully saturated rings. The first-order valence-electron chi connectivity index (χ1n) is 4.12. The van der Waals surface area contributed by atoms with Crippen LogP contribution in [0.2, 0.25) is 0 Å². The van der Waals surface area contributed by atoms with E-state index in [1.54, 1.807) is 4.68 Å². The lowest BCUT2D eigenvalue weighted by Gasteiger charge is -1.98. The molecule has 80 valence electrons. The topological polar surface area (TPSA) is 64.0 Å². The molecule has 7 heteroatoms. The van der Waals surface area contributed by atoms with Gasteiger partial charge in [0.2, 0.25) is 10.0 Å². The van der Waals surface area contributed by atoms with Crippen molar-refractivity contribution in [3.63, 3.8) is 0 Å². The number of nitrogens with one attached hydrogen (secondary N) is 1. The molecule has 0 aliphatic heterocycles. The van der Waals surface area contributed by atoms with Gasteiger partial charge in [0.05, 0.1) is 6.20 Å². The predicted octanol–water partition coefficient (Wildman–Crippen LogP) is 0.420. The fraction of sp³-hybridized carbons (Fsp3) is 0.571. The largest absolute Gasteiger partial charge is 0.271 e. The monoisotopic (exact) mass is 237 g/mol. The van der Waals surface area contributed by atoms with E-state index in [9.17, 15) is 8.42 Å². The van der Waals surface area contributed by atoms with Crippen LogP contribution < -0.4 is 4.72 Å². The lowest BCUT2D eigenvalue weighted by atomic mass is 10.5. The van der Waals surface area contributed by atoms with Crippen molar-refractivity contribution in [3.8, 4) is 0 Å². The van der Waals surface area contributed by atoms with Gasteiger partial charge < -0.3 is 0 Å². The smallest absolute Gasteiger partial charge is 0.243 e. The zero-order chi connectivity index (χ0) is 10.6.